The van der Waals surface area contributed by atoms with Gasteiger partial charge in [0, 0.05) is 24.2 Å². The number of rotatable bonds is 9. The second-order valence-electron chi connectivity index (χ2n) is 7.38. The Labute approximate surface area is 197 Å². The Kier molecular flexibility index (Phi) is 7.09. The van der Waals surface area contributed by atoms with Gasteiger partial charge in [-0.15, -0.1) is 0 Å². The first-order chi connectivity index (χ1) is 16.5. The summed E-state index contributed by atoms with van der Waals surface area (Å²) < 4.78 is 39.7. The molecule has 0 aliphatic rings. The second-order valence-corrected chi connectivity index (χ2v) is 9.03. The highest BCUT2D eigenvalue weighted by molar-refractivity contribution is 7.92. The molecule has 0 spiro atoms. The van der Waals surface area contributed by atoms with E-state index in [1.54, 1.807) is 31.6 Å². The van der Waals surface area contributed by atoms with Gasteiger partial charge in [0.2, 0.25) is 5.82 Å². The minimum Gasteiger partial charge on any atom is -0.478 e. The minimum atomic E-state index is -4.02. The first-order valence-corrected chi connectivity index (χ1v) is 11.9. The fraction of sp³-hybridized carbons (Fsp3) is 0.167. The Balaban J connectivity index is 1.52. The van der Waals surface area contributed by atoms with E-state index in [2.05, 4.69) is 24.7 Å². The Morgan fingerprint density at radius 3 is 2.41 bits per heavy atom. The number of nitrogens with zero attached hydrogens (tertiary/aromatic N) is 4. The van der Waals surface area contributed by atoms with Crippen LogP contribution in [0.2, 0.25) is 0 Å². The number of benzene rings is 1. The van der Waals surface area contributed by atoms with Crippen LogP contribution in [0.15, 0.2) is 78.2 Å². The van der Waals surface area contributed by atoms with E-state index >= 15 is 0 Å². The van der Waals surface area contributed by atoms with Crippen molar-refractivity contribution in [1.82, 2.24) is 19.9 Å². The Morgan fingerprint density at radius 2 is 1.68 bits per heavy atom. The van der Waals surface area contributed by atoms with Crippen LogP contribution in [0.4, 0.5) is 5.82 Å². The molecule has 0 aliphatic carbocycles. The standard InChI is InChI=1S/C24H23N5O4S/c1-17-13-27-23(24(28-17)32-2)29-34(30,31)21-6-4-12-26-22(21)20-9-7-18(8-10-20)15-33-16-19-5-3-11-25-14-19/h3-14H,15-16H2,1-2H3,(H,27,29). The van der Waals surface area contributed by atoms with Crippen LogP contribution in [0, 0.1) is 6.92 Å². The molecule has 0 amide bonds. The molecular weight excluding hydrogens is 454 g/mol. The van der Waals surface area contributed by atoms with Crippen molar-refractivity contribution in [1.29, 1.82) is 0 Å². The smallest absolute Gasteiger partial charge is 0.265 e. The van der Waals surface area contributed by atoms with Gasteiger partial charge in [0.05, 0.1) is 37.9 Å². The summed E-state index contributed by atoms with van der Waals surface area (Å²) in [5, 5.41) is 0. The first kappa shape index (κ1) is 23.3. The molecule has 4 aromatic rings. The van der Waals surface area contributed by atoms with Crippen molar-refractivity contribution in [3.05, 3.63) is 90.1 Å². The van der Waals surface area contributed by atoms with Crippen molar-refractivity contribution in [2.24, 2.45) is 0 Å². The molecule has 0 saturated heterocycles. The number of methoxy groups -OCH3 is 1. The predicted molar refractivity (Wildman–Crippen MR) is 127 cm³/mol. The summed E-state index contributed by atoms with van der Waals surface area (Å²) >= 11 is 0. The Morgan fingerprint density at radius 1 is 0.912 bits per heavy atom. The number of aryl methyl sites for hydroxylation is 1. The molecule has 174 valence electrons. The van der Waals surface area contributed by atoms with E-state index in [9.17, 15) is 8.42 Å². The third-order valence-electron chi connectivity index (χ3n) is 4.83. The van der Waals surface area contributed by atoms with Crippen LogP contribution in [-0.4, -0.2) is 35.5 Å². The lowest BCUT2D eigenvalue weighted by Crippen LogP contribution is -2.16. The zero-order chi connectivity index (χ0) is 24.0. The normalized spacial score (nSPS) is 11.2. The third kappa shape index (κ3) is 5.53. The van der Waals surface area contributed by atoms with Crippen LogP contribution in [0.1, 0.15) is 16.8 Å². The number of hydrogen-bond acceptors (Lipinski definition) is 8. The van der Waals surface area contributed by atoms with Gasteiger partial charge in [0.1, 0.15) is 4.90 Å². The lowest BCUT2D eigenvalue weighted by atomic mass is 10.1. The number of sulfonamides is 1. The summed E-state index contributed by atoms with van der Waals surface area (Å²) in [6.07, 6.45) is 6.48. The van der Waals surface area contributed by atoms with Gasteiger partial charge in [-0.05, 0) is 36.2 Å². The van der Waals surface area contributed by atoms with Gasteiger partial charge in [0.25, 0.3) is 15.9 Å². The molecule has 3 aromatic heterocycles. The number of aromatic nitrogens is 4. The van der Waals surface area contributed by atoms with Crippen LogP contribution in [0.25, 0.3) is 11.3 Å². The van der Waals surface area contributed by atoms with Crippen molar-refractivity contribution in [2.75, 3.05) is 11.8 Å². The molecule has 0 fully saturated rings. The SMILES string of the molecule is COc1nc(C)cnc1NS(=O)(=O)c1cccnc1-c1ccc(COCc2cccnc2)cc1. The van der Waals surface area contributed by atoms with E-state index in [-0.39, 0.29) is 16.6 Å². The number of anilines is 1. The van der Waals surface area contributed by atoms with E-state index < -0.39 is 10.0 Å². The van der Waals surface area contributed by atoms with Gasteiger partial charge in [0.15, 0.2) is 0 Å². The topological polar surface area (TPSA) is 116 Å². The molecule has 0 unspecified atom stereocenters. The van der Waals surface area contributed by atoms with Crippen LogP contribution in [0.5, 0.6) is 5.88 Å². The monoisotopic (exact) mass is 477 g/mol. The van der Waals surface area contributed by atoms with Gasteiger partial charge in [-0.1, -0.05) is 30.3 Å². The van der Waals surface area contributed by atoms with Crippen molar-refractivity contribution in [2.45, 2.75) is 25.0 Å². The molecule has 0 aliphatic heterocycles. The highest BCUT2D eigenvalue weighted by atomic mass is 32.2. The van der Waals surface area contributed by atoms with Crippen LogP contribution in [-0.2, 0) is 28.0 Å². The molecule has 0 radical (unpaired) electrons. The quantitative estimate of drug-likeness (QED) is 0.387. The van der Waals surface area contributed by atoms with Gasteiger partial charge in [-0.2, -0.15) is 0 Å². The molecule has 0 atom stereocenters. The lowest BCUT2D eigenvalue weighted by Gasteiger charge is -2.13. The second kappa shape index (κ2) is 10.4. The fourth-order valence-electron chi connectivity index (χ4n) is 3.20. The number of hydrogen-bond donors (Lipinski definition) is 1. The zero-order valence-corrected chi connectivity index (χ0v) is 19.5. The highest BCUT2D eigenvalue weighted by Gasteiger charge is 2.23. The van der Waals surface area contributed by atoms with Gasteiger partial charge in [-0.3, -0.25) is 14.7 Å². The van der Waals surface area contributed by atoms with Crippen molar-refractivity contribution < 1.29 is 17.9 Å². The van der Waals surface area contributed by atoms with Crippen LogP contribution < -0.4 is 9.46 Å². The summed E-state index contributed by atoms with van der Waals surface area (Å²) in [4.78, 5) is 16.7. The molecule has 0 saturated carbocycles. The Hall–Kier alpha value is -3.89. The molecule has 34 heavy (non-hydrogen) atoms. The van der Waals surface area contributed by atoms with Crippen LogP contribution >= 0.6 is 0 Å². The predicted octanol–water partition coefficient (Wildman–Crippen LogP) is 3.77. The Bertz CT molecular complexity index is 1360. The largest absolute Gasteiger partial charge is 0.478 e. The van der Waals surface area contributed by atoms with Gasteiger partial charge in [-0.25, -0.2) is 18.4 Å². The summed E-state index contributed by atoms with van der Waals surface area (Å²) in [5.41, 5.74) is 3.51. The molecular formula is C24H23N5O4S. The molecule has 4 rings (SSSR count). The molecule has 1 N–H and O–H groups in total. The molecule has 1 aromatic carbocycles. The van der Waals surface area contributed by atoms with E-state index in [0.717, 1.165) is 11.1 Å². The number of nitrogens with one attached hydrogen (secondary N) is 1. The maximum atomic E-state index is 13.2. The molecule has 10 heteroatoms. The minimum absolute atomic E-state index is 0.00372. The third-order valence-corrected chi connectivity index (χ3v) is 6.20. The fourth-order valence-corrected chi connectivity index (χ4v) is 4.39. The summed E-state index contributed by atoms with van der Waals surface area (Å²) in [6, 6.07) is 14.3. The van der Waals surface area contributed by atoms with E-state index in [4.69, 9.17) is 9.47 Å². The van der Waals surface area contributed by atoms with Crippen molar-refractivity contribution >= 4 is 15.8 Å². The summed E-state index contributed by atoms with van der Waals surface area (Å²) in [5.74, 6) is 0.0914. The lowest BCUT2D eigenvalue weighted by molar-refractivity contribution is 0.107. The average Bonchev–Trinajstić information content (AvgIpc) is 2.86. The molecule has 3 heterocycles. The number of ether oxygens (including phenoxy) is 2. The van der Waals surface area contributed by atoms with Crippen LogP contribution in [0.3, 0.4) is 0 Å². The van der Waals surface area contributed by atoms with Crippen molar-refractivity contribution in [3.63, 3.8) is 0 Å². The summed E-state index contributed by atoms with van der Waals surface area (Å²) in [7, 11) is -2.62. The van der Waals surface area contributed by atoms with Gasteiger partial charge >= 0.3 is 0 Å². The highest BCUT2D eigenvalue weighted by Crippen LogP contribution is 2.28. The molecule has 0 bridgehead atoms. The maximum Gasteiger partial charge on any atom is 0.265 e. The van der Waals surface area contributed by atoms with E-state index in [1.165, 1.54) is 19.4 Å². The first-order valence-electron chi connectivity index (χ1n) is 10.4. The zero-order valence-electron chi connectivity index (χ0n) is 18.7. The average molecular weight is 478 g/mol. The maximum absolute atomic E-state index is 13.2. The van der Waals surface area contributed by atoms with Crippen molar-refractivity contribution in [3.8, 4) is 17.1 Å². The van der Waals surface area contributed by atoms with E-state index in [1.807, 2.05) is 36.4 Å². The number of pyridine rings is 2. The van der Waals surface area contributed by atoms with E-state index in [0.29, 0.717) is 30.2 Å². The van der Waals surface area contributed by atoms with Gasteiger partial charge < -0.3 is 9.47 Å². The molecule has 9 nitrogen and oxygen atoms in total. The summed E-state index contributed by atoms with van der Waals surface area (Å²) in [6.45, 7) is 2.60.